The van der Waals surface area contributed by atoms with Crippen molar-refractivity contribution in [3.05, 3.63) is 167 Å². The fourth-order valence-corrected chi connectivity index (χ4v) is 6.64. The monoisotopic (exact) mass is 498 g/mol. The maximum absolute atomic E-state index is 9.32. The predicted molar refractivity (Wildman–Crippen MR) is 159 cm³/mol. The van der Waals surface area contributed by atoms with Crippen LogP contribution in [0, 0.1) is 11.3 Å². The highest BCUT2D eigenvalue weighted by Crippen LogP contribution is 2.62. The van der Waals surface area contributed by atoms with Gasteiger partial charge in [-0.15, -0.1) is 0 Å². The second-order valence-corrected chi connectivity index (χ2v) is 10.2. The van der Waals surface area contributed by atoms with E-state index in [9.17, 15) is 5.26 Å². The molecule has 0 fully saturated rings. The summed E-state index contributed by atoms with van der Waals surface area (Å²) in [4.78, 5) is 0. The van der Waals surface area contributed by atoms with E-state index in [0.29, 0.717) is 12.0 Å². The first-order valence-corrected chi connectivity index (χ1v) is 13.3. The fraction of sp³-hybridized carbons (Fsp3) is 0.0541. The molecule has 0 amide bonds. The highest BCUT2D eigenvalue weighted by molar-refractivity contribution is 5.95. The van der Waals surface area contributed by atoms with E-state index in [0.717, 1.165) is 5.56 Å². The van der Waals surface area contributed by atoms with Crippen LogP contribution in [0.1, 0.15) is 27.8 Å². The number of nitrogens with two attached hydrogens (primary N) is 1. The average Bonchev–Trinajstić information content (AvgIpc) is 3.46. The Balaban J connectivity index is 1.40. The summed E-state index contributed by atoms with van der Waals surface area (Å²) in [7, 11) is 0. The normalized spacial score (nSPS) is 14.1. The van der Waals surface area contributed by atoms with Gasteiger partial charge in [-0.05, 0) is 86.0 Å². The van der Waals surface area contributed by atoms with Gasteiger partial charge in [0, 0.05) is 5.57 Å². The van der Waals surface area contributed by atoms with Crippen LogP contribution in [-0.2, 0) is 11.8 Å². The second kappa shape index (κ2) is 9.01. The Kier molecular flexibility index (Phi) is 5.32. The topological polar surface area (TPSA) is 49.8 Å². The molecule has 2 aliphatic rings. The Morgan fingerprint density at radius 1 is 0.641 bits per heavy atom. The lowest BCUT2D eigenvalue weighted by Crippen LogP contribution is -2.25. The SMILES string of the molecule is N#CC(/C=C\N)=C/Cc1cccc(-c2ccc3c(c2)-c2ccccc2C32c3ccccc3-c3ccccc32)c1. The number of fused-ring (bicyclic) bond motifs is 10. The lowest BCUT2D eigenvalue weighted by Gasteiger charge is -2.30. The molecule has 0 unspecified atom stereocenters. The van der Waals surface area contributed by atoms with Gasteiger partial charge in [0.15, 0.2) is 0 Å². The molecule has 184 valence electrons. The first-order chi connectivity index (χ1) is 19.3. The van der Waals surface area contributed by atoms with Crippen molar-refractivity contribution in [3.8, 4) is 39.4 Å². The molecule has 0 atom stereocenters. The minimum atomic E-state index is -0.311. The number of hydrogen-bond acceptors (Lipinski definition) is 2. The van der Waals surface area contributed by atoms with Crippen molar-refractivity contribution >= 4 is 0 Å². The Bertz CT molecular complexity index is 1820. The van der Waals surface area contributed by atoms with Crippen LogP contribution in [0.15, 0.2) is 139 Å². The lowest BCUT2D eigenvalue weighted by atomic mass is 9.70. The molecule has 0 heterocycles. The molecule has 5 aromatic carbocycles. The molecule has 7 rings (SSSR count). The fourth-order valence-electron chi connectivity index (χ4n) is 6.64. The summed E-state index contributed by atoms with van der Waals surface area (Å²) in [6.45, 7) is 0. The molecular formula is C37H26N2. The van der Waals surface area contributed by atoms with Gasteiger partial charge in [-0.2, -0.15) is 5.26 Å². The first-order valence-electron chi connectivity index (χ1n) is 13.3. The summed E-state index contributed by atoms with van der Waals surface area (Å²) in [6.07, 6.45) is 5.63. The molecule has 0 bridgehead atoms. The van der Waals surface area contributed by atoms with E-state index in [1.165, 1.54) is 61.8 Å². The molecule has 0 saturated heterocycles. The molecule has 0 saturated carbocycles. The summed E-state index contributed by atoms with van der Waals surface area (Å²) in [6, 6.07) is 44.4. The van der Waals surface area contributed by atoms with Crippen LogP contribution >= 0.6 is 0 Å². The van der Waals surface area contributed by atoms with Crippen LogP contribution in [-0.4, -0.2) is 0 Å². The maximum Gasteiger partial charge on any atom is 0.0988 e. The summed E-state index contributed by atoms with van der Waals surface area (Å²) < 4.78 is 0. The van der Waals surface area contributed by atoms with E-state index >= 15 is 0 Å². The molecule has 0 aliphatic heterocycles. The Hall–Kier alpha value is -5.13. The van der Waals surface area contributed by atoms with Crippen molar-refractivity contribution in [3.63, 3.8) is 0 Å². The Morgan fingerprint density at radius 3 is 1.82 bits per heavy atom. The van der Waals surface area contributed by atoms with Crippen LogP contribution < -0.4 is 5.73 Å². The van der Waals surface area contributed by atoms with Gasteiger partial charge in [0.2, 0.25) is 0 Å². The highest BCUT2D eigenvalue weighted by atomic mass is 14.5. The Labute approximate surface area is 229 Å². The molecule has 0 radical (unpaired) electrons. The van der Waals surface area contributed by atoms with E-state index in [1.54, 1.807) is 6.08 Å². The molecular weight excluding hydrogens is 472 g/mol. The van der Waals surface area contributed by atoms with Gasteiger partial charge >= 0.3 is 0 Å². The number of allylic oxidation sites excluding steroid dienone is 3. The average molecular weight is 499 g/mol. The van der Waals surface area contributed by atoms with Gasteiger partial charge in [-0.3, -0.25) is 0 Å². The van der Waals surface area contributed by atoms with Crippen molar-refractivity contribution in [1.29, 1.82) is 5.26 Å². The molecule has 2 N–H and O–H groups in total. The van der Waals surface area contributed by atoms with Gasteiger partial charge in [-0.25, -0.2) is 0 Å². The zero-order chi connectivity index (χ0) is 26.4. The van der Waals surface area contributed by atoms with Gasteiger partial charge in [-0.1, -0.05) is 115 Å². The molecule has 0 aromatic heterocycles. The third-order valence-corrected chi connectivity index (χ3v) is 8.22. The van der Waals surface area contributed by atoms with Crippen molar-refractivity contribution in [2.75, 3.05) is 0 Å². The number of hydrogen-bond donors (Lipinski definition) is 1. The van der Waals surface area contributed by atoms with E-state index in [2.05, 4.69) is 121 Å². The lowest BCUT2D eigenvalue weighted by molar-refractivity contribution is 0.794. The minimum absolute atomic E-state index is 0.311. The Morgan fingerprint density at radius 2 is 1.21 bits per heavy atom. The van der Waals surface area contributed by atoms with Crippen LogP contribution in [0.25, 0.3) is 33.4 Å². The second-order valence-electron chi connectivity index (χ2n) is 10.2. The predicted octanol–water partition coefficient (Wildman–Crippen LogP) is 8.16. The molecule has 2 heteroatoms. The van der Waals surface area contributed by atoms with Crippen molar-refractivity contribution in [1.82, 2.24) is 0 Å². The summed E-state index contributed by atoms with van der Waals surface area (Å²) >= 11 is 0. The smallest absolute Gasteiger partial charge is 0.0988 e. The minimum Gasteiger partial charge on any atom is -0.405 e. The van der Waals surface area contributed by atoms with E-state index in [-0.39, 0.29) is 5.41 Å². The molecule has 1 spiro atoms. The van der Waals surface area contributed by atoms with Crippen molar-refractivity contribution in [2.24, 2.45) is 5.73 Å². The molecule has 2 nitrogen and oxygen atoms in total. The zero-order valence-corrected chi connectivity index (χ0v) is 21.4. The number of benzene rings is 5. The summed E-state index contributed by atoms with van der Waals surface area (Å²) in [5.74, 6) is 0. The van der Waals surface area contributed by atoms with Crippen LogP contribution in [0.3, 0.4) is 0 Å². The van der Waals surface area contributed by atoms with Crippen molar-refractivity contribution < 1.29 is 0 Å². The van der Waals surface area contributed by atoms with E-state index in [4.69, 9.17) is 5.73 Å². The van der Waals surface area contributed by atoms with Crippen LogP contribution in [0.2, 0.25) is 0 Å². The maximum atomic E-state index is 9.32. The largest absolute Gasteiger partial charge is 0.405 e. The number of nitrogens with zero attached hydrogens (tertiary/aromatic N) is 1. The summed E-state index contributed by atoms with van der Waals surface area (Å²) in [5, 5.41) is 9.32. The van der Waals surface area contributed by atoms with Gasteiger partial charge in [0.25, 0.3) is 0 Å². The third kappa shape index (κ3) is 3.34. The number of rotatable bonds is 4. The first kappa shape index (κ1) is 23.0. The molecule has 2 aliphatic carbocycles. The van der Waals surface area contributed by atoms with Crippen LogP contribution in [0.4, 0.5) is 0 Å². The van der Waals surface area contributed by atoms with Crippen LogP contribution in [0.5, 0.6) is 0 Å². The molecule has 5 aromatic rings. The quantitative estimate of drug-likeness (QED) is 0.197. The molecule has 39 heavy (non-hydrogen) atoms. The third-order valence-electron chi connectivity index (χ3n) is 8.22. The highest BCUT2D eigenvalue weighted by Gasteiger charge is 2.51. The zero-order valence-electron chi connectivity index (χ0n) is 21.4. The van der Waals surface area contributed by atoms with E-state index in [1.807, 2.05) is 6.08 Å². The summed E-state index contributed by atoms with van der Waals surface area (Å²) in [5.41, 5.74) is 19.9. The van der Waals surface area contributed by atoms with E-state index < -0.39 is 0 Å². The van der Waals surface area contributed by atoms with Crippen molar-refractivity contribution in [2.45, 2.75) is 11.8 Å². The standard InChI is InChI=1S/C37H26N2/c38-21-20-26(24-39)17-16-25-8-7-9-27(22-25)28-18-19-36-32(23-28)31-12-3-6-15-35(31)37(36)33-13-4-1-10-29(33)30-11-2-5-14-34(30)37/h1-15,17-23H,16,38H2/b21-20-,26-17+. The van der Waals surface area contributed by atoms with Gasteiger partial charge in [0.05, 0.1) is 11.5 Å². The van der Waals surface area contributed by atoms with Gasteiger partial charge in [0.1, 0.15) is 0 Å². The van der Waals surface area contributed by atoms with Gasteiger partial charge < -0.3 is 5.73 Å². The number of nitriles is 1.